The van der Waals surface area contributed by atoms with Crippen LogP contribution in [0.1, 0.15) is 23.9 Å². The Morgan fingerprint density at radius 3 is 2.75 bits per heavy atom. The van der Waals surface area contributed by atoms with Gasteiger partial charge in [-0.05, 0) is 54.4 Å². The van der Waals surface area contributed by atoms with E-state index >= 15 is 4.39 Å². The third-order valence-corrected chi connectivity index (χ3v) is 7.26. The molecule has 3 N–H and O–H groups in total. The number of carbonyl (C=O) groups excluding carboxylic acids is 1. The Hall–Kier alpha value is -3.79. The van der Waals surface area contributed by atoms with Crippen LogP contribution < -0.4 is 0 Å². The van der Waals surface area contributed by atoms with E-state index in [1.807, 2.05) is 18.9 Å². The number of aromatic hydroxyl groups is 1. The van der Waals surface area contributed by atoms with Gasteiger partial charge in [-0.1, -0.05) is 6.92 Å². The number of H-pyrrole nitrogens is 2. The predicted molar refractivity (Wildman–Crippen MR) is 130 cm³/mol. The molecule has 2 aliphatic heterocycles. The molecular weight excluding hydrogens is 466 g/mol. The van der Waals surface area contributed by atoms with Crippen molar-refractivity contribution in [2.45, 2.75) is 26.3 Å². The molecule has 0 unspecified atom stereocenters. The van der Waals surface area contributed by atoms with E-state index in [4.69, 9.17) is 0 Å². The highest BCUT2D eigenvalue weighted by molar-refractivity contribution is 5.94. The molecule has 1 fully saturated rings. The van der Waals surface area contributed by atoms with Crippen LogP contribution in [0.25, 0.3) is 33.5 Å². The molecular formula is C26H26F2N6O2. The fourth-order valence-electron chi connectivity index (χ4n) is 5.31. The number of phenols is 1. The topological polar surface area (TPSA) is 101 Å². The molecule has 2 aliphatic rings. The van der Waals surface area contributed by atoms with Crippen LogP contribution in [0.15, 0.2) is 24.3 Å². The van der Waals surface area contributed by atoms with Gasteiger partial charge in [0.05, 0.1) is 34.8 Å². The van der Waals surface area contributed by atoms with E-state index in [-0.39, 0.29) is 17.2 Å². The van der Waals surface area contributed by atoms with E-state index in [1.165, 1.54) is 18.2 Å². The first-order valence-electron chi connectivity index (χ1n) is 12.1. The number of hydrogen-bond acceptors (Lipinski definition) is 5. The highest BCUT2D eigenvalue weighted by Gasteiger charge is 2.35. The number of nitrogens with one attached hydrogen (secondary N) is 2. The van der Waals surface area contributed by atoms with Crippen molar-refractivity contribution in [1.29, 1.82) is 0 Å². The van der Waals surface area contributed by atoms with E-state index in [2.05, 4.69) is 25.1 Å². The minimum absolute atomic E-state index is 0.0489. The lowest BCUT2D eigenvalue weighted by Gasteiger charge is -2.39. The molecule has 0 aliphatic carbocycles. The van der Waals surface area contributed by atoms with Crippen LogP contribution in [-0.4, -0.2) is 67.7 Å². The number of benzene rings is 2. The highest BCUT2D eigenvalue weighted by Crippen LogP contribution is 2.35. The van der Waals surface area contributed by atoms with Crippen LogP contribution in [0, 0.1) is 17.6 Å². The van der Waals surface area contributed by atoms with Crippen LogP contribution in [0.3, 0.4) is 0 Å². The molecule has 4 aromatic rings. The zero-order valence-corrected chi connectivity index (χ0v) is 20.0. The Morgan fingerprint density at radius 1 is 1.19 bits per heavy atom. The number of phenolic OH excluding ortho intramolecular Hbond substituents is 1. The van der Waals surface area contributed by atoms with Crippen molar-refractivity contribution >= 4 is 16.8 Å². The van der Waals surface area contributed by atoms with Crippen molar-refractivity contribution in [3.8, 4) is 28.4 Å². The summed E-state index contributed by atoms with van der Waals surface area (Å²) in [5.74, 6) is -1.04. The molecule has 1 saturated heterocycles. The molecule has 8 nitrogen and oxygen atoms in total. The van der Waals surface area contributed by atoms with Gasteiger partial charge in [-0.2, -0.15) is 5.10 Å². The van der Waals surface area contributed by atoms with Gasteiger partial charge >= 0.3 is 0 Å². The molecule has 2 aromatic carbocycles. The first-order valence-corrected chi connectivity index (χ1v) is 12.1. The molecule has 0 atom stereocenters. The second kappa shape index (κ2) is 8.41. The number of halogens is 2. The Kier molecular flexibility index (Phi) is 5.29. The Morgan fingerprint density at radius 2 is 2.00 bits per heavy atom. The standard InChI is InChI=1S/C26H26F2N6O2/c1-3-13-8-22(35)17(27)9-16(13)14-6-18(28)23-20(7-14)31-32-24(23)25-29-19-4-5-34(12-21(19)30-25)26(36)15-10-33(2)11-15/h6-9,15,35H,3-5,10-12H2,1-2H3,(H,29,30)(H,31,32). The number of fused-ring (bicyclic) bond motifs is 2. The number of aryl methyl sites for hydroxylation is 1. The summed E-state index contributed by atoms with van der Waals surface area (Å²) in [6.45, 7) is 4.51. The zero-order valence-electron chi connectivity index (χ0n) is 20.0. The van der Waals surface area contributed by atoms with Crippen molar-refractivity contribution in [3.63, 3.8) is 0 Å². The van der Waals surface area contributed by atoms with Crippen molar-refractivity contribution in [1.82, 2.24) is 30.0 Å². The smallest absolute Gasteiger partial charge is 0.228 e. The van der Waals surface area contributed by atoms with Gasteiger partial charge in [-0.15, -0.1) is 0 Å². The largest absolute Gasteiger partial charge is 0.505 e. The predicted octanol–water partition coefficient (Wildman–Crippen LogP) is 3.61. The van der Waals surface area contributed by atoms with Gasteiger partial charge in [-0.3, -0.25) is 9.89 Å². The SMILES string of the molecule is CCc1cc(O)c(F)cc1-c1cc(F)c2c(-c3nc4c([nH]3)CN(C(=O)C3CN(C)C3)CC4)n[nH]c2c1. The minimum atomic E-state index is -0.758. The lowest BCUT2D eigenvalue weighted by Crippen LogP contribution is -2.53. The average Bonchev–Trinajstić information content (AvgIpc) is 3.46. The molecule has 6 rings (SSSR count). The van der Waals surface area contributed by atoms with Gasteiger partial charge in [-0.25, -0.2) is 13.8 Å². The van der Waals surface area contributed by atoms with Crippen LogP contribution >= 0.6 is 0 Å². The van der Waals surface area contributed by atoms with Crippen molar-refractivity contribution in [2.75, 3.05) is 26.7 Å². The van der Waals surface area contributed by atoms with Crippen LogP contribution in [0.5, 0.6) is 5.75 Å². The number of amides is 1. The molecule has 4 heterocycles. The third kappa shape index (κ3) is 3.63. The fraction of sp³-hybridized carbons (Fsp3) is 0.346. The van der Waals surface area contributed by atoms with Crippen LogP contribution in [0.2, 0.25) is 0 Å². The van der Waals surface area contributed by atoms with Gasteiger partial charge in [0.2, 0.25) is 5.91 Å². The second-order valence-corrected chi connectivity index (χ2v) is 9.71. The number of aromatic amines is 2. The van der Waals surface area contributed by atoms with E-state index in [0.717, 1.165) is 24.5 Å². The molecule has 0 spiro atoms. The van der Waals surface area contributed by atoms with E-state index in [0.29, 0.717) is 59.7 Å². The number of carbonyl (C=O) groups is 1. The number of nitrogens with zero attached hydrogens (tertiary/aromatic N) is 4. The number of aromatic nitrogens is 4. The fourth-order valence-corrected chi connectivity index (χ4v) is 5.31. The molecule has 0 bridgehead atoms. The summed E-state index contributed by atoms with van der Waals surface area (Å²) in [5, 5.41) is 17.2. The molecule has 1 amide bonds. The van der Waals surface area contributed by atoms with Crippen molar-refractivity contribution in [2.24, 2.45) is 5.92 Å². The third-order valence-electron chi connectivity index (χ3n) is 7.26. The Bertz CT molecular complexity index is 1500. The maximum atomic E-state index is 15.4. The van der Waals surface area contributed by atoms with Gasteiger partial charge in [0.1, 0.15) is 11.5 Å². The summed E-state index contributed by atoms with van der Waals surface area (Å²) in [5.41, 5.74) is 4.22. The number of hydrogen-bond donors (Lipinski definition) is 3. The maximum Gasteiger partial charge on any atom is 0.228 e. The average molecular weight is 493 g/mol. The maximum absolute atomic E-state index is 15.4. The summed E-state index contributed by atoms with van der Waals surface area (Å²) in [6, 6.07) is 5.67. The molecule has 186 valence electrons. The summed E-state index contributed by atoms with van der Waals surface area (Å²) >= 11 is 0. The quantitative estimate of drug-likeness (QED) is 0.404. The molecule has 0 saturated carbocycles. The van der Waals surface area contributed by atoms with Gasteiger partial charge < -0.3 is 19.9 Å². The summed E-state index contributed by atoms with van der Waals surface area (Å²) in [6.07, 6.45) is 1.17. The summed E-state index contributed by atoms with van der Waals surface area (Å²) in [4.78, 5) is 24.7. The van der Waals surface area contributed by atoms with Crippen LogP contribution in [-0.2, 0) is 24.2 Å². The molecule has 0 radical (unpaired) electrons. The van der Waals surface area contributed by atoms with E-state index in [9.17, 15) is 14.3 Å². The molecule has 36 heavy (non-hydrogen) atoms. The van der Waals surface area contributed by atoms with Crippen LogP contribution in [0.4, 0.5) is 8.78 Å². The summed E-state index contributed by atoms with van der Waals surface area (Å²) in [7, 11) is 2.00. The Balaban J connectivity index is 1.32. The summed E-state index contributed by atoms with van der Waals surface area (Å²) < 4.78 is 29.5. The van der Waals surface area contributed by atoms with Crippen molar-refractivity contribution < 1.29 is 18.7 Å². The zero-order chi connectivity index (χ0) is 25.1. The minimum Gasteiger partial charge on any atom is -0.505 e. The number of likely N-dealkylation sites (tertiary alicyclic amines) is 1. The lowest BCUT2D eigenvalue weighted by atomic mass is 9.96. The van der Waals surface area contributed by atoms with Gasteiger partial charge in [0.15, 0.2) is 17.4 Å². The first-order chi connectivity index (χ1) is 17.3. The Labute approximate surface area is 205 Å². The second-order valence-electron chi connectivity index (χ2n) is 9.71. The van der Waals surface area contributed by atoms with E-state index < -0.39 is 17.4 Å². The van der Waals surface area contributed by atoms with Gasteiger partial charge in [0.25, 0.3) is 0 Å². The molecule has 10 heteroatoms. The number of rotatable bonds is 4. The normalized spacial score (nSPS) is 16.4. The van der Waals surface area contributed by atoms with E-state index in [1.54, 1.807) is 6.07 Å². The molecule has 2 aromatic heterocycles. The lowest BCUT2D eigenvalue weighted by molar-refractivity contribution is -0.141. The first kappa shape index (κ1) is 22.7. The monoisotopic (exact) mass is 492 g/mol. The highest BCUT2D eigenvalue weighted by atomic mass is 19.1. The van der Waals surface area contributed by atoms with Crippen molar-refractivity contribution in [3.05, 3.63) is 52.9 Å². The van der Waals surface area contributed by atoms with Gasteiger partial charge in [0, 0.05) is 26.1 Å². The number of imidazole rings is 1.